The van der Waals surface area contributed by atoms with Crippen LogP contribution in [0.1, 0.15) is 28.5 Å². The summed E-state index contributed by atoms with van der Waals surface area (Å²) in [6, 6.07) is 8.35. The van der Waals surface area contributed by atoms with Crippen LogP contribution in [0.5, 0.6) is 0 Å². The van der Waals surface area contributed by atoms with Crippen molar-refractivity contribution in [3.63, 3.8) is 0 Å². The van der Waals surface area contributed by atoms with Crippen LogP contribution < -0.4 is 0 Å². The standard InChI is InChI=1S/C16H17NOS2/c18-16(6-5-14-3-1-11-19-14)17-9-7-13(8-10-17)15-4-2-12-20-15/h1-6,11-13H,7-10H2/b6-5+. The zero-order valence-corrected chi connectivity index (χ0v) is 12.8. The highest BCUT2D eigenvalue weighted by molar-refractivity contribution is 7.10. The van der Waals surface area contributed by atoms with Gasteiger partial charge in [0.25, 0.3) is 0 Å². The molecule has 0 saturated carbocycles. The van der Waals surface area contributed by atoms with Gasteiger partial charge in [0.15, 0.2) is 0 Å². The van der Waals surface area contributed by atoms with Gasteiger partial charge in [0, 0.05) is 28.9 Å². The van der Waals surface area contributed by atoms with Gasteiger partial charge in [-0.2, -0.15) is 0 Å². The molecule has 0 atom stereocenters. The molecule has 104 valence electrons. The zero-order valence-electron chi connectivity index (χ0n) is 11.2. The molecule has 0 bridgehead atoms. The van der Waals surface area contributed by atoms with E-state index in [1.165, 1.54) is 4.88 Å². The Kier molecular flexibility index (Phi) is 4.33. The average Bonchev–Trinajstić information content (AvgIpc) is 3.18. The molecule has 0 radical (unpaired) electrons. The van der Waals surface area contributed by atoms with Gasteiger partial charge in [0.1, 0.15) is 0 Å². The molecule has 1 aliphatic rings. The number of thiophene rings is 2. The number of carbonyl (C=O) groups excluding carboxylic acids is 1. The molecule has 20 heavy (non-hydrogen) atoms. The number of nitrogens with zero attached hydrogens (tertiary/aromatic N) is 1. The van der Waals surface area contributed by atoms with Crippen LogP contribution >= 0.6 is 22.7 Å². The van der Waals surface area contributed by atoms with Crippen molar-refractivity contribution in [2.24, 2.45) is 0 Å². The average molecular weight is 303 g/mol. The minimum Gasteiger partial charge on any atom is -0.339 e. The van der Waals surface area contributed by atoms with Gasteiger partial charge in [-0.25, -0.2) is 0 Å². The fourth-order valence-electron chi connectivity index (χ4n) is 2.55. The number of hydrogen-bond acceptors (Lipinski definition) is 3. The van der Waals surface area contributed by atoms with Crippen LogP contribution in [0.3, 0.4) is 0 Å². The first-order chi connectivity index (χ1) is 9.83. The van der Waals surface area contributed by atoms with Crippen LogP contribution in [0.4, 0.5) is 0 Å². The van der Waals surface area contributed by atoms with E-state index in [1.54, 1.807) is 17.4 Å². The summed E-state index contributed by atoms with van der Waals surface area (Å²) in [5.41, 5.74) is 0. The van der Waals surface area contributed by atoms with Gasteiger partial charge in [0.2, 0.25) is 5.91 Å². The first-order valence-electron chi connectivity index (χ1n) is 6.87. The van der Waals surface area contributed by atoms with Gasteiger partial charge in [-0.15, -0.1) is 22.7 Å². The number of likely N-dealkylation sites (tertiary alicyclic amines) is 1. The fourth-order valence-corrected chi connectivity index (χ4v) is 4.07. The molecule has 1 aliphatic heterocycles. The van der Waals surface area contributed by atoms with E-state index in [9.17, 15) is 4.79 Å². The number of rotatable bonds is 3. The third kappa shape index (κ3) is 3.19. The topological polar surface area (TPSA) is 20.3 Å². The molecule has 0 spiro atoms. The summed E-state index contributed by atoms with van der Waals surface area (Å²) < 4.78 is 0. The van der Waals surface area contributed by atoms with Gasteiger partial charge >= 0.3 is 0 Å². The first kappa shape index (κ1) is 13.6. The smallest absolute Gasteiger partial charge is 0.246 e. The Hall–Kier alpha value is -1.39. The monoisotopic (exact) mass is 303 g/mol. The van der Waals surface area contributed by atoms with Crippen LogP contribution in [0.15, 0.2) is 41.1 Å². The van der Waals surface area contributed by atoms with Gasteiger partial charge in [0.05, 0.1) is 0 Å². The predicted molar refractivity (Wildman–Crippen MR) is 86.2 cm³/mol. The minimum atomic E-state index is 0.142. The summed E-state index contributed by atoms with van der Waals surface area (Å²) in [6.45, 7) is 1.74. The lowest BCUT2D eigenvalue weighted by Crippen LogP contribution is -2.36. The van der Waals surface area contributed by atoms with E-state index in [0.717, 1.165) is 30.8 Å². The van der Waals surface area contributed by atoms with E-state index in [2.05, 4.69) is 17.5 Å². The highest BCUT2D eigenvalue weighted by Crippen LogP contribution is 2.31. The maximum Gasteiger partial charge on any atom is 0.246 e. The van der Waals surface area contributed by atoms with Gasteiger partial charge in [-0.1, -0.05) is 12.1 Å². The molecule has 0 aromatic carbocycles. The summed E-state index contributed by atoms with van der Waals surface area (Å²) in [5, 5.41) is 4.16. The molecule has 1 amide bonds. The van der Waals surface area contributed by atoms with Gasteiger partial charge < -0.3 is 4.90 Å². The van der Waals surface area contributed by atoms with Crippen molar-refractivity contribution >= 4 is 34.7 Å². The Balaban J connectivity index is 1.54. The van der Waals surface area contributed by atoms with Crippen LogP contribution in [0.2, 0.25) is 0 Å². The molecule has 2 aromatic rings. The van der Waals surface area contributed by atoms with E-state index >= 15 is 0 Å². The molecule has 1 saturated heterocycles. The Bertz CT molecular complexity index is 564. The van der Waals surface area contributed by atoms with Crippen LogP contribution in [-0.4, -0.2) is 23.9 Å². The third-order valence-corrected chi connectivity index (χ3v) is 5.56. The lowest BCUT2D eigenvalue weighted by atomic mass is 9.95. The van der Waals surface area contributed by atoms with Gasteiger partial charge in [-0.05, 0) is 47.7 Å². The molecular weight excluding hydrogens is 286 g/mol. The maximum absolute atomic E-state index is 12.1. The first-order valence-corrected chi connectivity index (χ1v) is 8.63. The Morgan fingerprint density at radius 2 is 1.90 bits per heavy atom. The summed E-state index contributed by atoms with van der Waals surface area (Å²) in [7, 11) is 0. The highest BCUT2D eigenvalue weighted by Gasteiger charge is 2.23. The second kappa shape index (κ2) is 6.37. The van der Waals surface area contributed by atoms with Crippen LogP contribution in [0.25, 0.3) is 6.08 Å². The number of amides is 1. The molecule has 2 nitrogen and oxygen atoms in total. The van der Waals surface area contributed by atoms with Crippen LogP contribution in [-0.2, 0) is 4.79 Å². The van der Waals surface area contributed by atoms with Crippen molar-refractivity contribution in [1.82, 2.24) is 4.90 Å². The van der Waals surface area contributed by atoms with E-state index in [-0.39, 0.29) is 5.91 Å². The van der Waals surface area contributed by atoms with Crippen molar-refractivity contribution in [2.75, 3.05) is 13.1 Å². The number of piperidine rings is 1. The fraction of sp³-hybridized carbons (Fsp3) is 0.312. The van der Waals surface area contributed by atoms with Crippen molar-refractivity contribution in [3.05, 3.63) is 50.9 Å². The second-order valence-electron chi connectivity index (χ2n) is 4.96. The lowest BCUT2D eigenvalue weighted by molar-refractivity contribution is -0.126. The number of carbonyl (C=O) groups is 1. The summed E-state index contributed by atoms with van der Waals surface area (Å²) in [4.78, 5) is 16.7. The van der Waals surface area contributed by atoms with Crippen molar-refractivity contribution in [3.8, 4) is 0 Å². The minimum absolute atomic E-state index is 0.142. The molecular formula is C16H17NOS2. The van der Waals surface area contributed by atoms with E-state index in [0.29, 0.717) is 5.92 Å². The lowest BCUT2D eigenvalue weighted by Gasteiger charge is -2.30. The molecule has 2 aromatic heterocycles. The largest absolute Gasteiger partial charge is 0.339 e. The normalized spacial score (nSPS) is 16.9. The Morgan fingerprint density at radius 3 is 2.55 bits per heavy atom. The third-order valence-electron chi connectivity index (χ3n) is 3.69. The maximum atomic E-state index is 12.1. The summed E-state index contributed by atoms with van der Waals surface area (Å²) in [6.07, 6.45) is 5.79. The molecule has 4 heteroatoms. The predicted octanol–water partition coefficient (Wildman–Crippen LogP) is 4.23. The zero-order chi connectivity index (χ0) is 13.8. The van der Waals surface area contributed by atoms with E-state index < -0.39 is 0 Å². The van der Waals surface area contributed by atoms with Crippen molar-refractivity contribution < 1.29 is 4.79 Å². The summed E-state index contributed by atoms with van der Waals surface area (Å²) in [5.74, 6) is 0.781. The molecule has 1 fully saturated rings. The van der Waals surface area contributed by atoms with Crippen molar-refractivity contribution in [1.29, 1.82) is 0 Å². The molecule has 0 aliphatic carbocycles. The molecule has 0 N–H and O–H groups in total. The van der Waals surface area contributed by atoms with E-state index in [1.807, 2.05) is 39.8 Å². The SMILES string of the molecule is O=C(/C=C/c1cccs1)N1CCC(c2cccs2)CC1. The quantitative estimate of drug-likeness (QED) is 0.777. The van der Waals surface area contributed by atoms with E-state index in [4.69, 9.17) is 0 Å². The molecule has 3 heterocycles. The molecule has 0 unspecified atom stereocenters. The highest BCUT2D eigenvalue weighted by atomic mass is 32.1. The van der Waals surface area contributed by atoms with Gasteiger partial charge in [-0.3, -0.25) is 4.79 Å². The molecule has 3 rings (SSSR count). The van der Waals surface area contributed by atoms with Crippen molar-refractivity contribution in [2.45, 2.75) is 18.8 Å². The Labute approximate surface area is 127 Å². The second-order valence-corrected chi connectivity index (χ2v) is 6.92. The summed E-state index contributed by atoms with van der Waals surface area (Å²) >= 11 is 3.49. The van der Waals surface area contributed by atoms with Crippen LogP contribution in [0, 0.1) is 0 Å². The number of hydrogen-bond donors (Lipinski definition) is 0. The Morgan fingerprint density at radius 1 is 1.15 bits per heavy atom.